The Morgan fingerprint density at radius 2 is 1.90 bits per heavy atom. The lowest BCUT2D eigenvalue weighted by Crippen LogP contribution is -2.26. The summed E-state index contributed by atoms with van der Waals surface area (Å²) in [6.07, 6.45) is 3.61. The standard InChI is InChI=1S/C17H26N4/c1-5-10-21-16(19-12-20-21)11-15(18-6-2)17-13(3)8-7-9-14(17)4/h7-9,12,15,18H,5-6,10-11H2,1-4H3. The van der Waals surface area contributed by atoms with Gasteiger partial charge in [-0.3, -0.25) is 4.68 Å². The van der Waals surface area contributed by atoms with E-state index in [4.69, 9.17) is 0 Å². The number of benzene rings is 1. The Labute approximate surface area is 127 Å². The van der Waals surface area contributed by atoms with E-state index in [0.29, 0.717) is 0 Å². The van der Waals surface area contributed by atoms with Crippen molar-refractivity contribution >= 4 is 0 Å². The number of nitrogens with zero attached hydrogens (tertiary/aromatic N) is 3. The lowest BCUT2D eigenvalue weighted by Gasteiger charge is -2.22. The SMILES string of the molecule is CCCn1ncnc1CC(NCC)c1c(C)cccc1C. The summed E-state index contributed by atoms with van der Waals surface area (Å²) in [5.41, 5.74) is 4.07. The van der Waals surface area contributed by atoms with Gasteiger partial charge in [-0.25, -0.2) is 4.98 Å². The van der Waals surface area contributed by atoms with Crippen molar-refractivity contribution in [2.24, 2.45) is 0 Å². The van der Waals surface area contributed by atoms with E-state index in [-0.39, 0.29) is 6.04 Å². The normalized spacial score (nSPS) is 12.6. The minimum absolute atomic E-state index is 0.288. The predicted molar refractivity (Wildman–Crippen MR) is 86.4 cm³/mol. The Kier molecular flexibility index (Phi) is 5.51. The van der Waals surface area contributed by atoms with E-state index in [1.165, 1.54) is 16.7 Å². The first-order valence-corrected chi connectivity index (χ1v) is 7.83. The van der Waals surface area contributed by atoms with Crippen LogP contribution in [0.2, 0.25) is 0 Å². The molecule has 2 aromatic rings. The second-order valence-electron chi connectivity index (χ2n) is 5.52. The third-order valence-electron chi connectivity index (χ3n) is 3.86. The van der Waals surface area contributed by atoms with Crippen LogP contribution in [0.4, 0.5) is 0 Å². The second kappa shape index (κ2) is 7.36. The molecular weight excluding hydrogens is 260 g/mol. The number of rotatable bonds is 7. The van der Waals surface area contributed by atoms with E-state index >= 15 is 0 Å². The summed E-state index contributed by atoms with van der Waals surface area (Å²) in [6.45, 7) is 10.6. The van der Waals surface area contributed by atoms with Gasteiger partial charge in [0.15, 0.2) is 0 Å². The Hall–Kier alpha value is -1.68. The van der Waals surface area contributed by atoms with Gasteiger partial charge < -0.3 is 5.32 Å². The van der Waals surface area contributed by atoms with E-state index in [0.717, 1.165) is 31.8 Å². The van der Waals surface area contributed by atoms with Crippen LogP contribution in [-0.2, 0) is 13.0 Å². The van der Waals surface area contributed by atoms with Gasteiger partial charge in [0, 0.05) is 19.0 Å². The van der Waals surface area contributed by atoms with Crippen molar-refractivity contribution in [1.29, 1.82) is 0 Å². The van der Waals surface area contributed by atoms with Crippen LogP contribution in [0.3, 0.4) is 0 Å². The molecule has 0 saturated heterocycles. The molecule has 21 heavy (non-hydrogen) atoms. The summed E-state index contributed by atoms with van der Waals surface area (Å²) in [5, 5.41) is 7.94. The molecular formula is C17H26N4. The molecule has 2 rings (SSSR count). The van der Waals surface area contributed by atoms with Gasteiger partial charge in [0.25, 0.3) is 0 Å². The maximum Gasteiger partial charge on any atom is 0.138 e. The number of hydrogen-bond donors (Lipinski definition) is 1. The van der Waals surface area contributed by atoms with E-state index in [1.54, 1.807) is 6.33 Å². The molecule has 1 aromatic carbocycles. The highest BCUT2D eigenvalue weighted by Gasteiger charge is 2.18. The smallest absolute Gasteiger partial charge is 0.138 e. The molecule has 0 aliphatic rings. The average Bonchev–Trinajstić information content (AvgIpc) is 2.86. The van der Waals surface area contributed by atoms with E-state index in [2.05, 4.69) is 61.3 Å². The highest BCUT2D eigenvalue weighted by atomic mass is 15.3. The van der Waals surface area contributed by atoms with Gasteiger partial charge in [0.2, 0.25) is 0 Å². The molecule has 4 nitrogen and oxygen atoms in total. The fraction of sp³-hybridized carbons (Fsp3) is 0.529. The number of hydrogen-bond acceptors (Lipinski definition) is 3. The maximum atomic E-state index is 4.45. The van der Waals surface area contributed by atoms with Crippen molar-refractivity contribution in [3.63, 3.8) is 0 Å². The van der Waals surface area contributed by atoms with Crippen LogP contribution in [0, 0.1) is 13.8 Å². The summed E-state index contributed by atoms with van der Waals surface area (Å²) in [5.74, 6) is 1.06. The van der Waals surface area contributed by atoms with Gasteiger partial charge in [-0.05, 0) is 43.5 Å². The summed E-state index contributed by atoms with van der Waals surface area (Å²) in [7, 11) is 0. The summed E-state index contributed by atoms with van der Waals surface area (Å²) in [6, 6.07) is 6.78. The maximum absolute atomic E-state index is 4.45. The van der Waals surface area contributed by atoms with Crippen LogP contribution in [0.25, 0.3) is 0 Å². The van der Waals surface area contributed by atoms with E-state index in [9.17, 15) is 0 Å². The Morgan fingerprint density at radius 3 is 2.52 bits per heavy atom. The lowest BCUT2D eigenvalue weighted by molar-refractivity contribution is 0.496. The summed E-state index contributed by atoms with van der Waals surface area (Å²) < 4.78 is 2.03. The quantitative estimate of drug-likeness (QED) is 0.850. The molecule has 114 valence electrons. The van der Waals surface area contributed by atoms with E-state index < -0.39 is 0 Å². The monoisotopic (exact) mass is 286 g/mol. The molecule has 1 aromatic heterocycles. The minimum atomic E-state index is 0.288. The zero-order chi connectivity index (χ0) is 15.2. The molecule has 0 saturated carbocycles. The summed E-state index contributed by atoms with van der Waals surface area (Å²) >= 11 is 0. The first-order valence-electron chi connectivity index (χ1n) is 7.83. The van der Waals surface area contributed by atoms with Crippen LogP contribution >= 0.6 is 0 Å². The molecule has 0 radical (unpaired) electrons. The van der Waals surface area contributed by atoms with Gasteiger partial charge in [-0.15, -0.1) is 0 Å². The van der Waals surface area contributed by atoms with Crippen molar-refractivity contribution < 1.29 is 0 Å². The highest BCUT2D eigenvalue weighted by Crippen LogP contribution is 2.24. The molecule has 1 heterocycles. The molecule has 0 bridgehead atoms. The van der Waals surface area contributed by atoms with Gasteiger partial charge in [0.1, 0.15) is 12.2 Å². The van der Waals surface area contributed by atoms with Gasteiger partial charge in [-0.2, -0.15) is 5.10 Å². The molecule has 1 N–H and O–H groups in total. The van der Waals surface area contributed by atoms with Gasteiger partial charge in [-0.1, -0.05) is 32.0 Å². The fourth-order valence-electron chi connectivity index (χ4n) is 2.93. The lowest BCUT2D eigenvalue weighted by atomic mass is 9.94. The van der Waals surface area contributed by atoms with Crippen molar-refractivity contribution in [2.75, 3.05) is 6.54 Å². The number of aromatic nitrogens is 3. The fourth-order valence-corrected chi connectivity index (χ4v) is 2.93. The first kappa shape index (κ1) is 15.7. The van der Waals surface area contributed by atoms with Crippen molar-refractivity contribution in [2.45, 2.75) is 53.1 Å². The Balaban J connectivity index is 2.29. The van der Waals surface area contributed by atoms with Crippen LogP contribution in [0.5, 0.6) is 0 Å². The zero-order valence-corrected chi connectivity index (χ0v) is 13.6. The number of aryl methyl sites for hydroxylation is 3. The van der Waals surface area contributed by atoms with Gasteiger partial charge in [0.05, 0.1) is 0 Å². The molecule has 0 spiro atoms. The summed E-state index contributed by atoms with van der Waals surface area (Å²) in [4.78, 5) is 4.45. The molecule has 0 aliphatic carbocycles. The Morgan fingerprint density at radius 1 is 1.19 bits per heavy atom. The van der Waals surface area contributed by atoms with Crippen LogP contribution in [0.1, 0.15) is 48.8 Å². The third kappa shape index (κ3) is 3.70. The third-order valence-corrected chi connectivity index (χ3v) is 3.86. The molecule has 0 fully saturated rings. The van der Waals surface area contributed by atoms with E-state index in [1.807, 2.05) is 4.68 Å². The Bertz CT molecular complexity index is 554. The highest BCUT2D eigenvalue weighted by molar-refractivity contribution is 5.36. The molecule has 4 heteroatoms. The van der Waals surface area contributed by atoms with Crippen molar-refractivity contribution in [3.8, 4) is 0 Å². The first-order chi connectivity index (χ1) is 10.2. The molecule has 1 atom stereocenters. The average molecular weight is 286 g/mol. The van der Waals surface area contributed by atoms with Crippen LogP contribution in [0.15, 0.2) is 24.5 Å². The molecule has 1 unspecified atom stereocenters. The molecule has 0 amide bonds. The molecule has 0 aliphatic heterocycles. The topological polar surface area (TPSA) is 42.7 Å². The van der Waals surface area contributed by atoms with Crippen LogP contribution in [-0.4, -0.2) is 21.3 Å². The number of likely N-dealkylation sites (N-methyl/N-ethyl adjacent to an activating group) is 1. The van der Waals surface area contributed by atoms with Crippen LogP contribution < -0.4 is 5.32 Å². The minimum Gasteiger partial charge on any atom is -0.310 e. The largest absolute Gasteiger partial charge is 0.310 e. The zero-order valence-electron chi connectivity index (χ0n) is 13.6. The second-order valence-corrected chi connectivity index (χ2v) is 5.52. The van der Waals surface area contributed by atoms with Gasteiger partial charge >= 0.3 is 0 Å². The number of nitrogens with one attached hydrogen (secondary N) is 1. The van der Waals surface area contributed by atoms with Crippen molar-refractivity contribution in [1.82, 2.24) is 20.1 Å². The predicted octanol–water partition coefficient (Wildman–Crippen LogP) is 3.20. The van der Waals surface area contributed by atoms with Crippen molar-refractivity contribution in [3.05, 3.63) is 47.0 Å².